The Bertz CT molecular complexity index is 973. The highest BCUT2D eigenvalue weighted by molar-refractivity contribution is 7.89. The molecule has 10 heteroatoms. The molecule has 1 heterocycles. The van der Waals surface area contributed by atoms with Crippen LogP contribution in [0.5, 0.6) is 0 Å². The Kier molecular flexibility index (Phi) is 12.8. The number of hydrogen-bond acceptors (Lipinski definition) is 6. The molecule has 1 aromatic rings. The molecule has 2 aliphatic carbocycles. The number of fused-ring (bicyclic) bond motifs is 1. The van der Waals surface area contributed by atoms with Crippen LogP contribution in [0.1, 0.15) is 90.5 Å². The summed E-state index contributed by atoms with van der Waals surface area (Å²) >= 11 is 0. The van der Waals surface area contributed by atoms with Crippen molar-refractivity contribution in [3.05, 3.63) is 29.8 Å². The lowest BCUT2D eigenvalue weighted by Crippen LogP contribution is -2.47. The minimum atomic E-state index is -3.33. The number of carbonyl (C=O) groups is 1. The summed E-state index contributed by atoms with van der Waals surface area (Å²) in [6, 6.07) is 7.26. The van der Waals surface area contributed by atoms with E-state index in [0.29, 0.717) is 36.4 Å². The number of ether oxygens (including phenoxy) is 1. The average molecular weight is 573 g/mol. The maximum Gasteiger partial charge on any atom is 0.407 e. The van der Waals surface area contributed by atoms with Gasteiger partial charge in [-0.05, 0) is 69.9 Å². The van der Waals surface area contributed by atoms with E-state index >= 15 is 0 Å². The Morgan fingerprint density at radius 2 is 1.58 bits per heavy atom. The van der Waals surface area contributed by atoms with E-state index < -0.39 is 15.6 Å². The number of nitrogens with zero attached hydrogens (tertiary/aromatic N) is 1. The molecule has 4 rings (SSSR count). The van der Waals surface area contributed by atoms with Gasteiger partial charge in [0.2, 0.25) is 10.0 Å². The van der Waals surface area contributed by atoms with Crippen LogP contribution in [0.4, 0.5) is 4.79 Å². The molecule has 0 spiro atoms. The number of amides is 1. The standard InChI is InChI=1S/C15H22N2O2S.C13H26N2O2.ClH/c16-14(12-6-2-1-3-7-12)11-17-10-13-8-4-5-9-15(13)20(17,18)19;1-13(2,3)17-12(16)15-11(9-14)10-7-5-4-6-8-10;/h4-5,8-9,12,14H,1-3,6-7,10-11,16H2;10-11H,4-9,14H2,1-3H3,(H,15,16);1H/t14-;11-;/m11./s1. The summed E-state index contributed by atoms with van der Waals surface area (Å²) in [5.74, 6) is 0.990. The zero-order chi connectivity index (χ0) is 27.1. The second kappa shape index (κ2) is 14.8. The number of halogens is 1. The van der Waals surface area contributed by atoms with Crippen LogP contribution < -0.4 is 16.8 Å². The monoisotopic (exact) mass is 572 g/mol. The highest BCUT2D eigenvalue weighted by Gasteiger charge is 2.36. The zero-order valence-corrected chi connectivity index (χ0v) is 25.0. The van der Waals surface area contributed by atoms with Gasteiger partial charge in [-0.2, -0.15) is 4.31 Å². The van der Waals surface area contributed by atoms with Crippen LogP contribution in [0.2, 0.25) is 0 Å². The van der Waals surface area contributed by atoms with E-state index in [1.54, 1.807) is 16.4 Å². The fourth-order valence-corrected chi connectivity index (χ4v) is 7.44. The van der Waals surface area contributed by atoms with E-state index in [1.165, 1.54) is 38.5 Å². The second-order valence-electron chi connectivity index (χ2n) is 11.9. The predicted molar refractivity (Wildman–Crippen MR) is 155 cm³/mol. The fourth-order valence-electron chi connectivity index (χ4n) is 5.77. The molecule has 3 aliphatic rings. The van der Waals surface area contributed by atoms with Gasteiger partial charge in [0.1, 0.15) is 5.60 Å². The molecular formula is C28H49ClN4O4S. The first-order valence-electron chi connectivity index (χ1n) is 14.0. The van der Waals surface area contributed by atoms with E-state index in [-0.39, 0.29) is 30.6 Å². The van der Waals surface area contributed by atoms with Crippen molar-refractivity contribution in [1.29, 1.82) is 0 Å². The molecule has 5 N–H and O–H groups in total. The molecule has 8 nitrogen and oxygen atoms in total. The van der Waals surface area contributed by atoms with Crippen molar-refractivity contribution in [2.24, 2.45) is 23.3 Å². The lowest BCUT2D eigenvalue weighted by atomic mass is 9.84. The summed E-state index contributed by atoms with van der Waals surface area (Å²) in [5.41, 5.74) is 12.5. The molecule has 0 unspecified atom stereocenters. The van der Waals surface area contributed by atoms with Crippen molar-refractivity contribution in [2.75, 3.05) is 13.1 Å². The number of carbonyl (C=O) groups excluding carboxylic acids is 1. The molecule has 218 valence electrons. The molecule has 2 fully saturated rings. The van der Waals surface area contributed by atoms with Crippen molar-refractivity contribution < 1.29 is 17.9 Å². The van der Waals surface area contributed by atoms with Gasteiger partial charge in [0, 0.05) is 31.7 Å². The lowest BCUT2D eigenvalue weighted by molar-refractivity contribution is 0.0480. The minimum absolute atomic E-state index is 0. The topological polar surface area (TPSA) is 128 Å². The zero-order valence-electron chi connectivity index (χ0n) is 23.4. The summed E-state index contributed by atoms with van der Waals surface area (Å²) in [6.45, 7) is 7.00. The molecule has 1 aromatic carbocycles. The van der Waals surface area contributed by atoms with Crippen LogP contribution in [-0.4, -0.2) is 49.6 Å². The molecule has 0 bridgehead atoms. The number of nitrogens with one attached hydrogen (secondary N) is 1. The molecule has 0 saturated heterocycles. The molecule has 0 aromatic heterocycles. The maximum absolute atomic E-state index is 12.5. The van der Waals surface area contributed by atoms with Gasteiger partial charge in [0.25, 0.3) is 0 Å². The van der Waals surface area contributed by atoms with Crippen molar-refractivity contribution >= 4 is 28.5 Å². The first-order chi connectivity index (χ1) is 17.5. The largest absolute Gasteiger partial charge is 0.444 e. The van der Waals surface area contributed by atoms with Crippen molar-refractivity contribution in [3.63, 3.8) is 0 Å². The quantitative estimate of drug-likeness (QED) is 0.443. The Morgan fingerprint density at radius 3 is 2.11 bits per heavy atom. The minimum Gasteiger partial charge on any atom is -0.444 e. The van der Waals surface area contributed by atoms with Crippen LogP contribution in [-0.2, 0) is 21.3 Å². The van der Waals surface area contributed by atoms with Crippen molar-refractivity contribution in [2.45, 2.75) is 114 Å². The molecular weight excluding hydrogens is 524 g/mol. The Labute approximate surface area is 236 Å². The summed E-state index contributed by atoms with van der Waals surface area (Å²) in [6.07, 6.45) is 11.8. The smallest absolute Gasteiger partial charge is 0.407 e. The first kappa shape index (κ1) is 32.8. The highest BCUT2D eigenvalue weighted by atomic mass is 35.5. The lowest BCUT2D eigenvalue weighted by Gasteiger charge is -2.31. The van der Waals surface area contributed by atoms with E-state index in [2.05, 4.69) is 5.32 Å². The average Bonchev–Trinajstić information content (AvgIpc) is 3.12. The Hall–Kier alpha value is -1.39. The van der Waals surface area contributed by atoms with Crippen LogP contribution in [0.15, 0.2) is 29.2 Å². The molecule has 1 amide bonds. The second-order valence-corrected chi connectivity index (χ2v) is 13.8. The number of rotatable bonds is 6. The van der Waals surface area contributed by atoms with Gasteiger partial charge in [-0.1, -0.05) is 56.7 Å². The Balaban J connectivity index is 0.000000264. The highest BCUT2D eigenvalue weighted by Crippen LogP contribution is 2.32. The van der Waals surface area contributed by atoms with Gasteiger partial charge in [-0.15, -0.1) is 12.4 Å². The molecule has 2 saturated carbocycles. The molecule has 1 aliphatic heterocycles. The fraction of sp³-hybridized carbons (Fsp3) is 0.750. The summed E-state index contributed by atoms with van der Waals surface area (Å²) in [7, 11) is -3.33. The summed E-state index contributed by atoms with van der Waals surface area (Å²) in [4.78, 5) is 12.1. The molecule has 2 atom stereocenters. The van der Waals surface area contributed by atoms with Gasteiger partial charge in [-0.3, -0.25) is 0 Å². The van der Waals surface area contributed by atoms with Gasteiger partial charge >= 0.3 is 6.09 Å². The summed E-state index contributed by atoms with van der Waals surface area (Å²) < 4.78 is 31.8. The van der Waals surface area contributed by atoms with Gasteiger partial charge in [-0.25, -0.2) is 13.2 Å². The predicted octanol–water partition coefficient (Wildman–Crippen LogP) is 4.94. The third-order valence-electron chi connectivity index (χ3n) is 7.78. The summed E-state index contributed by atoms with van der Waals surface area (Å²) in [5, 5.41) is 2.91. The van der Waals surface area contributed by atoms with E-state index in [0.717, 1.165) is 31.2 Å². The van der Waals surface area contributed by atoms with Gasteiger partial charge in [0.15, 0.2) is 0 Å². The van der Waals surface area contributed by atoms with Crippen molar-refractivity contribution in [3.8, 4) is 0 Å². The Morgan fingerprint density at radius 1 is 1.03 bits per heavy atom. The van der Waals surface area contributed by atoms with E-state index in [1.807, 2.05) is 32.9 Å². The van der Waals surface area contributed by atoms with Crippen LogP contribution >= 0.6 is 12.4 Å². The van der Waals surface area contributed by atoms with Gasteiger partial charge in [0.05, 0.1) is 4.90 Å². The van der Waals surface area contributed by atoms with E-state index in [4.69, 9.17) is 16.2 Å². The van der Waals surface area contributed by atoms with E-state index in [9.17, 15) is 13.2 Å². The third-order valence-corrected chi connectivity index (χ3v) is 9.69. The van der Waals surface area contributed by atoms with Crippen LogP contribution in [0.25, 0.3) is 0 Å². The third kappa shape index (κ3) is 9.37. The maximum atomic E-state index is 12.5. The number of alkyl carbamates (subject to hydrolysis) is 1. The number of sulfonamides is 1. The number of hydrogen-bond donors (Lipinski definition) is 3. The molecule has 38 heavy (non-hydrogen) atoms. The number of benzene rings is 1. The first-order valence-corrected chi connectivity index (χ1v) is 15.5. The normalized spacial score (nSPS) is 21.7. The molecule has 0 radical (unpaired) electrons. The van der Waals surface area contributed by atoms with Gasteiger partial charge < -0.3 is 21.5 Å². The van der Waals surface area contributed by atoms with Crippen LogP contribution in [0.3, 0.4) is 0 Å². The van der Waals surface area contributed by atoms with Crippen LogP contribution in [0, 0.1) is 11.8 Å². The van der Waals surface area contributed by atoms with Crippen molar-refractivity contribution in [1.82, 2.24) is 9.62 Å². The number of nitrogens with two attached hydrogens (primary N) is 2. The SMILES string of the molecule is CC(C)(C)OC(=O)N[C@H](CN)C1CCCCC1.Cl.N[C@H](CN1Cc2ccccc2S1(=O)=O)C1CCCCC1.